The van der Waals surface area contributed by atoms with Gasteiger partial charge in [-0.2, -0.15) is 0 Å². The fourth-order valence-corrected chi connectivity index (χ4v) is 2.40. The zero-order chi connectivity index (χ0) is 12.5. The largest absolute Gasteiger partial charge is 0.376 e. The van der Waals surface area contributed by atoms with E-state index in [1.807, 2.05) is 0 Å². The Morgan fingerprint density at radius 2 is 2.06 bits per heavy atom. The van der Waals surface area contributed by atoms with Crippen LogP contribution in [0.3, 0.4) is 0 Å². The van der Waals surface area contributed by atoms with E-state index in [-0.39, 0.29) is 5.60 Å². The Kier molecular flexibility index (Phi) is 3.81. The lowest BCUT2D eigenvalue weighted by Crippen LogP contribution is -2.44. The van der Waals surface area contributed by atoms with Crippen LogP contribution in [0.1, 0.15) is 40.5 Å². The van der Waals surface area contributed by atoms with E-state index in [4.69, 9.17) is 9.47 Å². The van der Waals surface area contributed by atoms with Crippen LogP contribution in [0.15, 0.2) is 0 Å². The Morgan fingerprint density at radius 3 is 2.59 bits per heavy atom. The van der Waals surface area contributed by atoms with Crippen LogP contribution in [-0.2, 0) is 9.47 Å². The monoisotopic (exact) mass is 241 g/mol. The first-order valence-corrected chi connectivity index (χ1v) is 6.87. The van der Waals surface area contributed by atoms with Gasteiger partial charge in [-0.05, 0) is 40.5 Å². The molecule has 0 aromatic heterocycles. The molecule has 1 atom stereocenters. The molecule has 1 heterocycles. The van der Waals surface area contributed by atoms with Gasteiger partial charge < -0.3 is 9.47 Å². The van der Waals surface area contributed by atoms with Crippen molar-refractivity contribution in [2.45, 2.75) is 52.2 Å². The van der Waals surface area contributed by atoms with Crippen molar-refractivity contribution in [1.29, 1.82) is 0 Å². The lowest BCUT2D eigenvalue weighted by molar-refractivity contribution is -0.0540. The maximum atomic E-state index is 5.97. The van der Waals surface area contributed by atoms with Crippen LogP contribution >= 0.6 is 0 Å². The summed E-state index contributed by atoms with van der Waals surface area (Å²) in [5, 5.41) is 0. The van der Waals surface area contributed by atoms with Gasteiger partial charge in [0.15, 0.2) is 0 Å². The number of nitrogens with zero attached hydrogens (tertiary/aromatic N) is 1. The lowest BCUT2D eigenvalue weighted by atomic mass is 10.1. The molecule has 0 spiro atoms. The molecule has 1 aliphatic heterocycles. The van der Waals surface area contributed by atoms with E-state index in [9.17, 15) is 0 Å². The van der Waals surface area contributed by atoms with Gasteiger partial charge in [0, 0.05) is 25.0 Å². The van der Waals surface area contributed by atoms with Crippen LogP contribution in [0.25, 0.3) is 0 Å². The second kappa shape index (κ2) is 4.87. The molecular weight excluding hydrogens is 214 g/mol. The highest BCUT2D eigenvalue weighted by Gasteiger charge is 2.45. The summed E-state index contributed by atoms with van der Waals surface area (Å²) in [4.78, 5) is 2.55. The molecule has 0 aromatic rings. The predicted molar refractivity (Wildman–Crippen MR) is 69.2 cm³/mol. The molecule has 1 aliphatic carbocycles. The molecule has 0 N–H and O–H groups in total. The molecule has 2 aliphatic rings. The van der Waals surface area contributed by atoms with Gasteiger partial charge in [0.2, 0.25) is 0 Å². The van der Waals surface area contributed by atoms with Crippen LogP contribution < -0.4 is 0 Å². The second-order valence-electron chi connectivity index (χ2n) is 6.82. The van der Waals surface area contributed by atoms with Crippen molar-refractivity contribution in [3.05, 3.63) is 0 Å². The fraction of sp³-hybridized carbons (Fsp3) is 1.00. The van der Waals surface area contributed by atoms with E-state index in [0.717, 1.165) is 26.3 Å². The van der Waals surface area contributed by atoms with E-state index in [0.29, 0.717) is 11.5 Å². The molecule has 2 rings (SSSR count). The highest BCUT2D eigenvalue weighted by molar-refractivity contribution is 4.96. The summed E-state index contributed by atoms with van der Waals surface area (Å²) < 4.78 is 11.6. The van der Waals surface area contributed by atoms with Crippen molar-refractivity contribution in [2.75, 3.05) is 32.8 Å². The van der Waals surface area contributed by atoms with Crippen LogP contribution in [0, 0.1) is 5.41 Å². The third-order valence-corrected chi connectivity index (χ3v) is 3.65. The maximum Gasteiger partial charge on any atom is 0.0674 e. The van der Waals surface area contributed by atoms with Crippen LogP contribution in [0.5, 0.6) is 0 Å². The number of rotatable bonds is 4. The van der Waals surface area contributed by atoms with Crippen molar-refractivity contribution in [2.24, 2.45) is 5.41 Å². The maximum absolute atomic E-state index is 5.97. The number of hydrogen-bond acceptors (Lipinski definition) is 3. The summed E-state index contributed by atoms with van der Waals surface area (Å²) in [6.07, 6.45) is 3.05. The Bertz CT molecular complexity index is 255. The van der Waals surface area contributed by atoms with Gasteiger partial charge in [0.05, 0.1) is 24.9 Å². The van der Waals surface area contributed by atoms with E-state index in [1.54, 1.807) is 0 Å². The average Bonchev–Trinajstić information content (AvgIpc) is 2.95. The van der Waals surface area contributed by atoms with Gasteiger partial charge in [0.25, 0.3) is 0 Å². The van der Waals surface area contributed by atoms with Crippen LogP contribution in [0.2, 0.25) is 0 Å². The topological polar surface area (TPSA) is 21.7 Å². The molecule has 0 radical (unpaired) electrons. The van der Waals surface area contributed by atoms with Gasteiger partial charge in [-0.15, -0.1) is 0 Å². The van der Waals surface area contributed by atoms with E-state index < -0.39 is 0 Å². The summed E-state index contributed by atoms with van der Waals surface area (Å²) in [6, 6.07) is 0. The van der Waals surface area contributed by atoms with Crippen molar-refractivity contribution in [3.63, 3.8) is 0 Å². The Labute approximate surface area is 105 Å². The van der Waals surface area contributed by atoms with E-state index in [2.05, 4.69) is 32.6 Å². The molecule has 0 amide bonds. The quantitative estimate of drug-likeness (QED) is 0.754. The molecule has 100 valence electrons. The van der Waals surface area contributed by atoms with Crippen molar-refractivity contribution < 1.29 is 9.47 Å². The first kappa shape index (κ1) is 13.3. The van der Waals surface area contributed by atoms with Crippen LogP contribution in [0.4, 0.5) is 0 Å². The zero-order valence-electron chi connectivity index (χ0n) is 11.8. The zero-order valence-corrected chi connectivity index (χ0v) is 11.8. The number of ether oxygens (including phenoxy) is 2. The molecule has 0 aromatic carbocycles. The highest BCUT2D eigenvalue weighted by atomic mass is 16.5. The third kappa shape index (κ3) is 4.23. The average molecular weight is 241 g/mol. The number of morpholine rings is 1. The first-order valence-electron chi connectivity index (χ1n) is 6.87. The molecule has 1 saturated carbocycles. The van der Waals surface area contributed by atoms with Crippen molar-refractivity contribution in [1.82, 2.24) is 4.90 Å². The minimum absolute atomic E-state index is 0.00606. The SMILES string of the molecule is CC1CN(CC2(COC(C)(C)C)CC2)CCO1. The molecule has 17 heavy (non-hydrogen) atoms. The van der Waals surface area contributed by atoms with Gasteiger partial charge >= 0.3 is 0 Å². The fourth-order valence-electron chi connectivity index (χ4n) is 2.40. The smallest absolute Gasteiger partial charge is 0.0674 e. The summed E-state index contributed by atoms with van der Waals surface area (Å²) in [5.41, 5.74) is 0.443. The van der Waals surface area contributed by atoms with Gasteiger partial charge in [-0.25, -0.2) is 0 Å². The van der Waals surface area contributed by atoms with Gasteiger partial charge in [-0.1, -0.05) is 0 Å². The third-order valence-electron chi connectivity index (χ3n) is 3.65. The van der Waals surface area contributed by atoms with Crippen molar-refractivity contribution in [3.8, 4) is 0 Å². The molecule has 3 heteroatoms. The summed E-state index contributed by atoms with van der Waals surface area (Å²) in [6.45, 7) is 13.7. The normalized spacial score (nSPS) is 29.3. The Hall–Kier alpha value is -0.120. The van der Waals surface area contributed by atoms with E-state index in [1.165, 1.54) is 19.4 Å². The number of hydrogen-bond donors (Lipinski definition) is 0. The first-order chi connectivity index (χ1) is 7.89. The Morgan fingerprint density at radius 1 is 1.35 bits per heavy atom. The van der Waals surface area contributed by atoms with E-state index >= 15 is 0 Å². The Balaban J connectivity index is 1.77. The van der Waals surface area contributed by atoms with Crippen LogP contribution in [-0.4, -0.2) is 49.5 Å². The minimum Gasteiger partial charge on any atom is -0.376 e. The summed E-state index contributed by atoms with van der Waals surface area (Å²) >= 11 is 0. The molecule has 3 nitrogen and oxygen atoms in total. The summed E-state index contributed by atoms with van der Waals surface area (Å²) in [5.74, 6) is 0. The predicted octanol–water partition coefficient (Wildman–Crippen LogP) is 2.30. The summed E-state index contributed by atoms with van der Waals surface area (Å²) in [7, 11) is 0. The minimum atomic E-state index is -0.00606. The molecular formula is C14H27NO2. The van der Waals surface area contributed by atoms with Crippen molar-refractivity contribution >= 4 is 0 Å². The molecule has 1 unspecified atom stereocenters. The second-order valence-corrected chi connectivity index (χ2v) is 6.82. The molecule has 0 bridgehead atoms. The standard InChI is InChI=1S/C14H27NO2/c1-12-9-15(7-8-16-12)10-14(5-6-14)11-17-13(2,3)4/h12H,5-11H2,1-4H3. The lowest BCUT2D eigenvalue weighted by Gasteiger charge is -2.34. The molecule has 2 fully saturated rings. The van der Waals surface area contributed by atoms with Gasteiger partial charge in [-0.3, -0.25) is 4.90 Å². The highest BCUT2D eigenvalue weighted by Crippen LogP contribution is 2.47. The van der Waals surface area contributed by atoms with Gasteiger partial charge in [0.1, 0.15) is 0 Å². The molecule has 1 saturated heterocycles.